The third kappa shape index (κ3) is 3.51. The molecule has 4 heteroatoms. The molecule has 0 saturated carbocycles. The van der Waals surface area contributed by atoms with Gasteiger partial charge in [-0.15, -0.1) is 12.4 Å². The molecule has 0 amide bonds. The van der Waals surface area contributed by atoms with E-state index in [1.807, 2.05) is 0 Å². The van der Waals surface area contributed by atoms with Crippen LogP contribution < -0.4 is 0 Å². The van der Waals surface area contributed by atoms with Crippen molar-refractivity contribution in [2.45, 2.75) is 17.7 Å². The molecule has 1 saturated heterocycles. The first kappa shape index (κ1) is 9.83. The maximum atomic E-state index is 5.19. The summed E-state index contributed by atoms with van der Waals surface area (Å²) in [6.07, 6.45) is 1.24. The predicted octanol–water partition coefficient (Wildman–Crippen LogP) is 1.14. The van der Waals surface area contributed by atoms with Gasteiger partial charge in [-0.25, -0.2) is 0 Å². The third-order valence-corrected chi connectivity index (χ3v) is 1.99. The van der Waals surface area contributed by atoms with Crippen LogP contribution in [0.5, 0.6) is 0 Å². The molecule has 0 unspecified atom stereocenters. The van der Waals surface area contributed by atoms with Crippen molar-refractivity contribution in [2.75, 3.05) is 13.2 Å². The van der Waals surface area contributed by atoms with Gasteiger partial charge in [-0.05, 0) is 0 Å². The van der Waals surface area contributed by atoms with E-state index in [0.717, 1.165) is 19.6 Å². The van der Waals surface area contributed by atoms with Gasteiger partial charge in [-0.2, -0.15) is 0 Å². The summed E-state index contributed by atoms with van der Waals surface area (Å²) in [6, 6.07) is 0. The predicted molar refractivity (Wildman–Crippen MR) is 32.4 cm³/mol. The van der Waals surface area contributed by atoms with E-state index in [0.29, 0.717) is 0 Å². The third-order valence-electron chi connectivity index (χ3n) is 1.13. The zero-order chi connectivity index (χ0) is 5.82. The molecule has 0 aromatic rings. The summed E-state index contributed by atoms with van der Waals surface area (Å²) in [5.74, 6) is 0. The number of rotatable bonds is 2. The average molecular weight is 203 g/mol. The van der Waals surface area contributed by atoms with Crippen LogP contribution in [0, 0.1) is 0 Å². The first-order valence-corrected chi connectivity index (χ1v) is 5.06. The van der Waals surface area contributed by atoms with Crippen molar-refractivity contribution in [3.05, 3.63) is 0 Å². The Kier molecular flexibility index (Phi) is 6.12. The molecule has 0 aliphatic carbocycles. The van der Waals surface area contributed by atoms with E-state index in [1.54, 1.807) is 0 Å². The SMILES string of the molecule is Cl.[Zn][CH2]CC1OCCO1. The van der Waals surface area contributed by atoms with Gasteiger partial charge in [0.25, 0.3) is 0 Å². The molecule has 1 fully saturated rings. The van der Waals surface area contributed by atoms with Crippen molar-refractivity contribution in [1.29, 1.82) is 0 Å². The Labute approximate surface area is 71.4 Å². The standard InChI is InChI=1S/C5H9O2.ClH.Zn/c1-2-5-6-3-4-7-5;;/h5H,1-4H2;1H;. The van der Waals surface area contributed by atoms with Gasteiger partial charge in [-0.3, -0.25) is 0 Å². The Morgan fingerprint density at radius 2 is 1.89 bits per heavy atom. The Hall–Kier alpha value is 0.833. The molecule has 0 aromatic heterocycles. The van der Waals surface area contributed by atoms with E-state index < -0.39 is 0 Å². The Morgan fingerprint density at radius 1 is 1.33 bits per heavy atom. The van der Waals surface area contributed by atoms with Crippen molar-refractivity contribution < 1.29 is 27.8 Å². The average Bonchev–Trinajstić information content (AvgIpc) is 2.19. The molecule has 9 heavy (non-hydrogen) atoms. The first-order valence-electron chi connectivity index (χ1n) is 2.96. The summed E-state index contributed by atoms with van der Waals surface area (Å²) >= 11 is 1.35. The van der Waals surface area contributed by atoms with Crippen LogP contribution in [0.25, 0.3) is 0 Å². The molecule has 0 bridgehead atoms. The van der Waals surface area contributed by atoms with Crippen LogP contribution in [-0.2, 0) is 27.8 Å². The molecule has 1 rings (SSSR count). The molecule has 0 spiro atoms. The van der Waals surface area contributed by atoms with Crippen LogP contribution in [0.1, 0.15) is 6.42 Å². The van der Waals surface area contributed by atoms with Gasteiger partial charge in [0, 0.05) is 0 Å². The summed E-state index contributed by atoms with van der Waals surface area (Å²) in [4.78, 5) is 0. The van der Waals surface area contributed by atoms with Crippen molar-refractivity contribution in [3.8, 4) is 0 Å². The minimum absolute atomic E-state index is 0. The zero-order valence-corrected chi connectivity index (χ0v) is 9.12. The number of hydrogen-bond donors (Lipinski definition) is 0. The fourth-order valence-corrected chi connectivity index (χ4v) is 1.44. The van der Waals surface area contributed by atoms with Crippen molar-refractivity contribution >= 4 is 12.4 Å². The van der Waals surface area contributed by atoms with E-state index in [2.05, 4.69) is 0 Å². The summed E-state index contributed by atoms with van der Waals surface area (Å²) < 4.78 is 10.4. The molecule has 0 aromatic carbocycles. The van der Waals surface area contributed by atoms with Gasteiger partial charge in [0.1, 0.15) is 0 Å². The van der Waals surface area contributed by atoms with Crippen LogP contribution in [0.15, 0.2) is 0 Å². The van der Waals surface area contributed by atoms with Gasteiger partial charge in [0.15, 0.2) is 0 Å². The Balaban J connectivity index is 0.000000640. The maximum absolute atomic E-state index is 5.19. The normalized spacial score (nSPS) is 19.8. The number of halogens is 1. The zero-order valence-electron chi connectivity index (χ0n) is 5.34. The Bertz CT molecular complexity index is 66.0. The second-order valence-electron chi connectivity index (χ2n) is 1.81. The van der Waals surface area contributed by atoms with Gasteiger partial charge < -0.3 is 0 Å². The number of ether oxygens (including phenoxy) is 2. The molecule has 0 N–H and O–H groups in total. The van der Waals surface area contributed by atoms with Crippen LogP contribution >= 0.6 is 12.4 Å². The van der Waals surface area contributed by atoms with E-state index in [9.17, 15) is 0 Å². The van der Waals surface area contributed by atoms with Gasteiger partial charge in [0.05, 0.1) is 0 Å². The molecule has 2 nitrogen and oxygen atoms in total. The van der Waals surface area contributed by atoms with Gasteiger partial charge in [0.2, 0.25) is 0 Å². The Morgan fingerprint density at radius 3 is 2.33 bits per heavy atom. The van der Waals surface area contributed by atoms with Gasteiger partial charge in [-0.1, -0.05) is 0 Å². The monoisotopic (exact) mass is 201 g/mol. The fourth-order valence-electron chi connectivity index (χ4n) is 0.741. The number of hydrogen-bond acceptors (Lipinski definition) is 2. The van der Waals surface area contributed by atoms with Gasteiger partial charge >= 0.3 is 58.7 Å². The van der Waals surface area contributed by atoms with E-state index in [-0.39, 0.29) is 18.7 Å². The quantitative estimate of drug-likeness (QED) is 0.626. The molecule has 0 radical (unpaired) electrons. The summed E-state index contributed by atoms with van der Waals surface area (Å²) in [5.41, 5.74) is 0. The first-order chi connectivity index (χ1) is 3.93. The minimum atomic E-state index is 0. The summed E-state index contributed by atoms with van der Waals surface area (Å²) in [7, 11) is 0. The van der Waals surface area contributed by atoms with E-state index in [1.165, 1.54) is 23.3 Å². The fraction of sp³-hybridized carbons (Fsp3) is 1.00. The van der Waals surface area contributed by atoms with Crippen molar-refractivity contribution in [3.63, 3.8) is 0 Å². The van der Waals surface area contributed by atoms with Crippen LogP contribution in [0.3, 0.4) is 0 Å². The second kappa shape index (κ2) is 5.61. The van der Waals surface area contributed by atoms with Crippen molar-refractivity contribution in [2.24, 2.45) is 0 Å². The molecule has 1 aliphatic rings. The molecule has 1 aliphatic heterocycles. The van der Waals surface area contributed by atoms with Crippen LogP contribution in [-0.4, -0.2) is 19.5 Å². The van der Waals surface area contributed by atoms with E-state index >= 15 is 0 Å². The molecule has 1 heterocycles. The van der Waals surface area contributed by atoms with Crippen molar-refractivity contribution in [1.82, 2.24) is 0 Å². The van der Waals surface area contributed by atoms with E-state index in [4.69, 9.17) is 9.47 Å². The summed E-state index contributed by atoms with van der Waals surface area (Å²) in [6.45, 7) is 1.59. The topological polar surface area (TPSA) is 18.5 Å². The summed E-state index contributed by atoms with van der Waals surface area (Å²) in [5, 5.41) is 1.27. The van der Waals surface area contributed by atoms with Crippen LogP contribution in [0.4, 0.5) is 0 Å². The molecule has 51 valence electrons. The molecular formula is C5H10ClO2Zn. The molecule has 0 atom stereocenters. The van der Waals surface area contributed by atoms with Crippen LogP contribution in [0.2, 0.25) is 5.02 Å². The second-order valence-corrected chi connectivity index (χ2v) is 3.30. The molecular weight excluding hydrogens is 193 g/mol.